The highest BCUT2D eigenvalue weighted by molar-refractivity contribution is 5.97. The van der Waals surface area contributed by atoms with E-state index < -0.39 is 6.04 Å². The molecule has 0 radical (unpaired) electrons. The van der Waals surface area contributed by atoms with Gasteiger partial charge >= 0.3 is 0 Å². The second-order valence-electron chi connectivity index (χ2n) is 4.69. The van der Waals surface area contributed by atoms with Crippen LogP contribution in [0.4, 0.5) is 0 Å². The van der Waals surface area contributed by atoms with Gasteiger partial charge in [0.15, 0.2) is 0 Å². The zero-order valence-electron chi connectivity index (χ0n) is 9.64. The first kappa shape index (κ1) is 10.3. The number of hydrogen-bond donors (Lipinski definition) is 1. The molecular formula is C13H14N2O2. The summed E-state index contributed by atoms with van der Waals surface area (Å²) in [5.74, 6) is -0.0179. The number of carbonyl (C=O) groups excluding carboxylic acids is 2. The van der Waals surface area contributed by atoms with Gasteiger partial charge in [-0.2, -0.15) is 0 Å². The molecule has 0 bridgehead atoms. The van der Waals surface area contributed by atoms with Gasteiger partial charge in [0.1, 0.15) is 12.1 Å². The second kappa shape index (κ2) is 3.58. The summed E-state index contributed by atoms with van der Waals surface area (Å²) >= 11 is 0. The lowest BCUT2D eigenvalue weighted by Gasteiger charge is -2.41. The summed E-state index contributed by atoms with van der Waals surface area (Å²) in [5, 5.41) is 2.73. The van der Waals surface area contributed by atoms with Gasteiger partial charge in [0, 0.05) is 13.0 Å². The Morgan fingerprint density at radius 2 is 1.94 bits per heavy atom. The van der Waals surface area contributed by atoms with Crippen LogP contribution in [-0.4, -0.2) is 28.8 Å². The van der Waals surface area contributed by atoms with Crippen LogP contribution in [0.15, 0.2) is 24.3 Å². The van der Waals surface area contributed by atoms with E-state index in [1.54, 1.807) is 11.8 Å². The predicted molar refractivity (Wildman–Crippen MR) is 62.1 cm³/mol. The lowest BCUT2D eigenvalue weighted by Crippen LogP contribution is -2.63. The summed E-state index contributed by atoms with van der Waals surface area (Å²) in [7, 11) is 0. The lowest BCUT2D eigenvalue weighted by atomic mass is 9.91. The van der Waals surface area contributed by atoms with E-state index in [4.69, 9.17) is 0 Å². The standard InChI is InChI=1S/C13H14N2O2/c1-8-13(17)15-7-10-5-3-2-4-9(10)6-11(15)12(16)14-8/h2-5,8,11H,6-7H2,1H3,(H,14,16)/t8-,11-/m0/s1. The fourth-order valence-electron chi connectivity index (χ4n) is 2.61. The highest BCUT2D eigenvalue weighted by Crippen LogP contribution is 2.25. The van der Waals surface area contributed by atoms with Crippen molar-refractivity contribution >= 4 is 11.8 Å². The van der Waals surface area contributed by atoms with Crippen LogP contribution in [0.3, 0.4) is 0 Å². The number of hydrogen-bond acceptors (Lipinski definition) is 2. The van der Waals surface area contributed by atoms with Crippen molar-refractivity contribution in [2.24, 2.45) is 0 Å². The molecule has 2 amide bonds. The first-order valence-corrected chi connectivity index (χ1v) is 5.84. The fraction of sp³-hybridized carbons (Fsp3) is 0.385. The second-order valence-corrected chi connectivity index (χ2v) is 4.69. The number of benzene rings is 1. The van der Waals surface area contributed by atoms with Crippen LogP contribution >= 0.6 is 0 Å². The first-order chi connectivity index (χ1) is 8.16. The van der Waals surface area contributed by atoms with E-state index in [1.807, 2.05) is 24.3 Å². The largest absolute Gasteiger partial charge is 0.343 e. The molecule has 1 aromatic carbocycles. The van der Waals surface area contributed by atoms with Crippen molar-refractivity contribution in [3.8, 4) is 0 Å². The highest BCUT2D eigenvalue weighted by Gasteiger charge is 2.40. The van der Waals surface area contributed by atoms with Crippen LogP contribution in [0, 0.1) is 0 Å². The number of nitrogens with zero attached hydrogens (tertiary/aromatic N) is 1. The van der Waals surface area contributed by atoms with Crippen LogP contribution in [0.1, 0.15) is 18.1 Å². The number of carbonyl (C=O) groups is 2. The average molecular weight is 230 g/mol. The van der Waals surface area contributed by atoms with Gasteiger partial charge in [0.25, 0.3) is 0 Å². The molecule has 0 unspecified atom stereocenters. The molecule has 3 rings (SSSR count). The highest BCUT2D eigenvalue weighted by atomic mass is 16.2. The molecule has 0 spiro atoms. The minimum Gasteiger partial charge on any atom is -0.343 e. The third-order valence-electron chi connectivity index (χ3n) is 3.56. The van der Waals surface area contributed by atoms with Gasteiger partial charge < -0.3 is 10.2 Å². The topological polar surface area (TPSA) is 49.4 Å². The molecule has 4 nitrogen and oxygen atoms in total. The molecular weight excluding hydrogens is 216 g/mol. The fourth-order valence-corrected chi connectivity index (χ4v) is 2.61. The Balaban J connectivity index is 2.00. The first-order valence-electron chi connectivity index (χ1n) is 5.84. The molecule has 1 N–H and O–H groups in total. The normalized spacial score (nSPS) is 27.2. The quantitative estimate of drug-likeness (QED) is 0.704. The van der Waals surface area contributed by atoms with E-state index in [2.05, 4.69) is 5.32 Å². The summed E-state index contributed by atoms with van der Waals surface area (Å²) in [6, 6.07) is 7.27. The Hall–Kier alpha value is -1.84. The summed E-state index contributed by atoms with van der Waals surface area (Å²) in [6.07, 6.45) is 0.625. The van der Waals surface area contributed by atoms with Gasteiger partial charge in [-0.05, 0) is 18.1 Å². The molecule has 2 aliphatic rings. The van der Waals surface area contributed by atoms with Crippen molar-refractivity contribution in [3.63, 3.8) is 0 Å². The number of rotatable bonds is 0. The van der Waals surface area contributed by atoms with Gasteiger partial charge in [0.2, 0.25) is 11.8 Å². The molecule has 1 saturated heterocycles. The van der Waals surface area contributed by atoms with Crippen LogP contribution in [0.25, 0.3) is 0 Å². The molecule has 2 heterocycles. The Morgan fingerprint density at radius 1 is 1.24 bits per heavy atom. The van der Waals surface area contributed by atoms with Crippen molar-refractivity contribution in [3.05, 3.63) is 35.4 Å². The van der Waals surface area contributed by atoms with Crippen molar-refractivity contribution < 1.29 is 9.59 Å². The Labute approximate surface area is 99.6 Å². The zero-order valence-corrected chi connectivity index (χ0v) is 9.64. The molecule has 2 atom stereocenters. The molecule has 4 heteroatoms. The Kier molecular flexibility index (Phi) is 2.18. The maximum absolute atomic E-state index is 12.0. The van der Waals surface area contributed by atoms with Crippen LogP contribution in [-0.2, 0) is 22.6 Å². The van der Waals surface area contributed by atoms with Gasteiger partial charge in [-0.25, -0.2) is 0 Å². The van der Waals surface area contributed by atoms with Crippen LogP contribution in [0.2, 0.25) is 0 Å². The average Bonchev–Trinajstić information content (AvgIpc) is 2.34. The van der Waals surface area contributed by atoms with Crippen LogP contribution in [0.5, 0.6) is 0 Å². The minimum absolute atomic E-state index is 0.0177. The van der Waals surface area contributed by atoms with Crippen molar-refractivity contribution in [2.75, 3.05) is 0 Å². The molecule has 0 saturated carbocycles. The van der Waals surface area contributed by atoms with Gasteiger partial charge in [-0.3, -0.25) is 9.59 Å². The third kappa shape index (κ3) is 1.52. The number of nitrogens with one attached hydrogen (secondary N) is 1. The van der Waals surface area contributed by atoms with Crippen molar-refractivity contribution in [2.45, 2.75) is 32.0 Å². The van der Waals surface area contributed by atoms with Gasteiger partial charge in [0.05, 0.1) is 0 Å². The maximum Gasteiger partial charge on any atom is 0.245 e. The maximum atomic E-state index is 12.0. The molecule has 1 aromatic rings. The smallest absolute Gasteiger partial charge is 0.245 e. The molecule has 0 aromatic heterocycles. The number of piperazine rings is 1. The van der Waals surface area contributed by atoms with E-state index in [-0.39, 0.29) is 17.9 Å². The van der Waals surface area contributed by atoms with Crippen LogP contribution < -0.4 is 5.32 Å². The minimum atomic E-state index is -0.399. The monoisotopic (exact) mass is 230 g/mol. The molecule has 0 aliphatic carbocycles. The van der Waals surface area contributed by atoms with E-state index in [1.165, 1.54) is 5.56 Å². The summed E-state index contributed by atoms with van der Waals surface area (Å²) in [5.41, 5.74) is 2.32. The van der Waals surface area contributed by atoms with Crippen molar-refractivity contribution in [1.82, 2.24) is 10.2 Å². The zero-order chi connectivity index (χ0) is 12.0. The van der Waals surface area contributed by atoms with E-state index in [9.17, 15) is 9.59 Å². The predicted octanol–water partition coefficient (Wildman–Crippen LogP) is 0.458. The molecule has 17 heavy (non-hydrogen) atoms. The number of fused-ring (bicyclic) bond motifs is 2. The SMILES string of the molecule is C[C@@H]1NC(=O)[C@@H]2Cc3ccccc3CN2C1=O. The lowest BCUT2D eigenvalue weighted by molar-refractivity contribution is -0.150. The van der Waals surface area contributed by atoms with Gasteiger partial charge in [-0.1, -0.05) is 24.3 Å². The molecule has 1 fully saturated rings. The molecule has 2 aliphatic heterocycles. The Morgan fingerprint density at radius 3 is 2.71 bits per heavy atom. The summed E-state index contributed by atoms with van der Waals surface area (Å²) < 4.78 is 0. The van der Waals surface area contributed by atoms with E-state index >= 15 is 0 Å². The van der Waals surface area contributed by atoms with E-state index in [0.717, 1.165) is 5.56 Å². The van der Waals surface area contributed by atoms with E-state index in [0.29, 0.717) is 13.0 Å². The van der Waals surface area contributed by atoms with Gasteiger partial charge in [-0.15, -0.1) is 0 Å². The Bertz CT molecular complexity index is 498. The molecule has 88 valence electrons. The third-order valence-corrected chi connectivity index (χ3v) is 3.56. The van der Waals surface area contributed by atoms with Crippen molar-refractivity contribution in [1.29, 1.82) is 0 Å². The summed E-state index contributed by atoms with van der Waals surface area (Å²) in [4.78, 5) is 25.6. The number of amides is 2. The summed E-state index contributed by atoms with van der Waals surface area (Å²) in [6.45, 7) is 2.29.